The molecule has 0 aromatic carbocycles. The molecule has 0 bridgehead atoms. The molecule has 0 atom stereocenters. The smallest absolute Gasteiger partial charge is 0.226 e. The minimum atomic E-state index is -0.136. The second kappa shape index (κ2) is 18.7. The number of allylic oxidation sites excluding steroid dienone is 2. The van der Waals surface area contributed by atoms with Crippen LogP contribution in [-0.2, 0) is 9.59 Å². The van der Waals surface area contributed by atoms with E-state index in [-0.39, 0.29) is 24.2 Å². The zero-order valence-corrected chi connectivity index (χ0v) is 18.5. The fourth-order valence-electron chi connectivity index (χ4n) is 3.06. The quantitative estimate of drug-likeness (QED) is 0.146. The van der Waals surface area contributed by atoms with Crippen molar-refractivity contribution in [2.24, 2.45) is 0 Å². The second-order valence-corrected chi connectivity index (χ2v) is 7.79. The van der Waals surface area contributed by atoms with Gasteiger partial charge < -0.3 is 4.90 Å². The summed E-state index contributed by atoms with van der Waals surface area (Å²) in [5, 5.41) is 10.3. The SMILES string of the molecule is CCCCC/C=C\CCCCCCCCCCC(=O)NC(=N)N(C)CC(C)=O. The Labute approximate surface area is 172 Å². The summed E-state index contributed by atoms with van der Waals surface area (Å²) in [7, 11) is 1.63. The Bertz CT molecular complexity index is 461. The molecule has 28 heavy (non-hydrogen) atoms. The first kappa shape index (κ1) is 26.4. The fraction of sp³-hybridized carbons (Fsp3) is 0.783. The Morgan fingerprint density at radius 2 is 1.36 bits per heavy atom. The van der Waals surface area contributed by atoms with Crippen LogP contribution in [0.1, 0.15) is 104 Å². The lowest BCUT2D eigenvalue weighted by Crippen LogP contribution is -2.43. The van der Waals surface area contributed by atoms with Crippen molar-refractivity contribution < 1.29 is 9.59 Å². The van der Waals surface area contributed by atoms with E-state index >= 15 is 0 Å². The Hall–Kier alpha value is -1.65. The van der Waals surface area contributed by atoms with Crippen molar-refractivity contribution in [1.82, 2.24) is 10.2 Å². The van der Waals surface area contributed by atoms with E-state index in [9.17, 15) is 9.59 Å². The van der Waals surface area contributed by atoms with Gasteiger partial charge in [0.2, 0.25) is 5.91 Å². The molecule has 1 amide bonds. The molecule has 0 aliphatic rings. The molecule has 2 N–H and O–H groups in total. The van der Waals surface area contributed by atoms with E-state index in [1.54, 1.807) is 7.05 Å². The van der Waals surface area contributed by atoms with Crippen LogP contribution in [0.3, 0.4) is 0 Å². The molecule has 0 aromatic heterocycles. The summed E-state index contributed by atoms with van der Waals surface area (Å²) in [6.07, 6.45) is 21.1. The molecule has 0 aliphatic heterocycles. The largest absolute Gasteiger partial charge is 0.339 e. The summed E-state index contributed by atoms with van der Waals surface area (Å²) in [6, 6.07) is 0. The molecule has 0 heterocycles. The average Bonchev–Trinajstić information content (AvgIpc) is 2.64. The first-order valence-corrected chi connectivity index (χ1v) is 11.2. The maximum absolute atomic E-state index is 11.8. The van der Waals surface area contributed by atoms with Crippen molar-refractivity contribution >= 4 is 17.6 Å². The highest BCUT2D eigenvalue weighted by molar-refractivity contribution is 5.96. The third-order valence-electron chi connectivity index (χ3n) is 4.77. The number of carbonyl (C=O) groups is 2. The van der Waals surface area contributed by atoms with Crippen LogP contribution in [0, 0.1) is 5.41 Å². The van der Waals surface area contributed by atoms with Gasteiger partial charge in [-0.15, -0.1) is 0 Å². The normalized spacial score (nSPS) is 11.0. The van der Waals surface area contributed by atoms with E-state index in [1.807, 2.05) is 0 Å². The van der Waals surface area contributed by atoms with Gasteiger partial charge in [0.05, 0.1) is 6.54 Å². The number of guanidine groups is 1. The third kappa shape index (κ3) is 17.7. The zero-order chi connectivity index (χ0) is 21.0. The highest BCUT2D eigenvalue weighted by atomic mass is 16.2. The number of unbranched alkanes of at least 4 members (excludes halogenated alkanes) is 11. The van der Waals surface area contributed by atoms with Crippen LogP contribution in [0.2, 0.25) is 0 Å². The summed E-state index contributed by atoms with van der Waals surface area (Å²) < 4.78 is 0. The standard InChI is InChI=1S/C23H43N3O2/c1-4-5-6-7-8-9-10-11-12-13-14-15-16-17-18-19-22(28)25-23(24)26(3)20-21(2)27/h8-9H,4-7,10-20H2,1-3H3,(H2,24,25,28)/b9-8-. The van der Waals surface area contributed by atoms with Crippen LogP contribution in [0.5, 0.6) is 0 Å². The maximum Gasteiger partial charge on any atom is 0.226 e. The second-order valence-electron chi connectivity index (χ2n) is 7.79. The molecule has 5 heteroatoms. The third-order valence-corrected chi connectivity index (χ3v) is 4.77. The number of rotatable bonds is 17. The molecule has 0 aliphatic carbocycles. The highest BCUT2D eigenvalue weighted by Gasteiger charge is 2.10. The summed E-state index contributed by atoms with van der Waals surface area (Å²) >= 11 is 0. The molecular formula is C23H43N3O2. The van der Waals surface area contributed by atoms with E-state index in [0.717, 1.165) is 12.8 Å². The van der Waals surface area contributed by atoms with Crippen molar-refractivity contribution in [3.05, 3.63) is 12.2 Å². The lowest BCUT2D eigenvalue weighted by molar-refractivity contribution is -0.120. The number of hydrogen-bond acceptors (Lipinski definition) is 3. The van der Waals surface area contributed by atoms with Crippen molar-refractivity contribution in [3.63, 3.8) is 0 Å². The monoisotopic (exact) mass is 393 g/mol. The summed E-state index contributed by atoms with van der Waals surface area (Å²) in [5.74, 6) is -0.167. The van der Waals surface area contributed by atoms with Crippen molar-refractivity contribution in [2.75, 3.05) is 13.6 Å². The van der Waals surface area contributed by atoms with Gasteiger partial charge in [-0.25, -0.2) is 0 Å². The van der Waals surface area contributed by atoms with Crippen molar-refractivity contribution in [3.8, 4) is 0 Å². The van der Waals surface area contributed by atoms with Gasteiger partial charge in [0.15, 0.2) is 5.96 Å². The molecule has 0 aromatic rings. The van der Waals surface area contributed by atoms with Gasteiger partial charge in [0.25, 0.3) is 0 Å². The number of nitrogens with zero attached hydrogens (tertiary/aromatic N) is 1. The molecular weight excluding hydrogens is 350 g/mol. The van der Waals surface area contributed by atoms with E-state index in [2.05, 4.69) is 24.4 Å². The summed E-state index contributed by atoms with van der Waals surface area (Å²) in [4.78, 5) is 24.3. The topological polar surface area (TPSA) is 73.3 Å². The number of Topliss-reactive ketones (excluding diaryl/α,β-unsaturated/α-hetero) is 1. The highest BCUT2D eigenvalue weighted by Crippen LogP contribution is 2.11. The van der Waals surface area contributed by atoms with Gasteiger partial charge in [-0.2, -0.15) is 0 Å². The number of hydrogen-bond donors (Lipinski definition) is 2. The van der Waals surface area contributed by atoms with Gasteiger partial charge >= 0.3 is 0 Å². The molecule has 5 nitrogen and oxygen atoms in total. The minimum absolute atomic E-state index is 0.00370. The summed E-state index contributed by atoms with van der Waals surface area (Å²) in [5.41, 5.74) is 0. The van der Waals surface area contributed by atoms with Crippen LogP contribution in [0.4, 0.5) is 0 Å². The first-order valence-electron chi connectivity index (χ1n) is 11.2. The number of likely N-dealkylation sites (N-methyl/N-ethyl adjacent to an activating group) is 1. The van der Waals surface area contributed by atoms with Gasteiger partial charge in [-0.3, -0.25) is 20.3 Å². The molecule has 0 radical (unpaired) electrons. The Morgan fingerprint density at radius 1 is 0.857 bits per heavy atom. The Morgan fingerprint density at radius 3 is 1.89 bits per heavy atom. The van der Waals surface area contributed by atoms with Crippen LogP contribution in [0.25, 0.3) is 0 Å². The van der Waals surface area contributed by atoms with Crippen molar-refractivity contribution in [1.29, 1.82) is 5.41 Å². The summed E-state index contributed by atoms with van der Waals surface area (Å²) in [6.45, 7) is 3.86. The van der Waals surface area contributed by atoms with E-state index in [4.69, 9.17) is 5.41 Å². The first-order chi connectivity index (χ1) is 13.5. The lowest BCUT2D eigenvalue weighted by Gasteiger charge is -2.18. The van der Waals surface area contributed by atoms with Crippen LogP contribution in [-0.4, -0.2) is 36.1 Å². The molecule has 0 spiro atoms. The Balaban J connectivity index is 3.42. The predicted octanol–water partition coefficient (Wildman–Crippen LogP) is 5.60. The van der Waals surface area contributed by atoms with Gasteiger partial charge in [-0.1, -0.05) is 70.4 Å². The van der Waals surface area contributed by atoms with Crippen LogP contribution in [0.15, 0.2) is 12.2 Å². The van der Waals surface area contributed by atoms with Gasteiger partial charge in [-0.05, 0) is 39.0 Å². The molecule has 162 valence electrons. The zero-order valence-electron chi connectivity index (χ0n) is 18.5. The maximum atomic E-state index is 11.8. The number of amides is 1. The number of ketones is 1. The van der Waals surface area contributed by atoms with Crippen LogP contribution >= 0.6 is 0 Å². The van der Waals surface area contributed by atoms with E-state index in [0.29, 0.717) is 6.42 Å². The van der Waals surface area contributed by atoms with Crippen LogP contribution < -0.4 is 5.32 Å². The minimum Gasteiger partial charge on any atom is -0.339 e. The molecule has 0 unspecified atom stereocenters. The lowest BCUT2D eigenvalue weighted by atomic mass is 10.1. The van der Waals surface area contributed by atoms with Gasteiger partial charge in [0, 0.05) is 13.5 Å². The predicted molar refractivity (Wildman–Crippen MR) is 119 cm³/mol. The molecule has 0 fully saturated rings. The van der Waals surface area contributed by atoms with E-state index < -0.39 is 0 Å². The van der Waals surface area contributed by atoms with Crippen molar-refractivity contribution in [2.45, 2.75) is 104 Å². The van der Waals surface area contributed by atoms with Gasteiger partial charge in [0.1, 0.15) is 5.78 Å². The Kier molecular flexibility index (Phi) is 17.6. The van der Waals surface area contributed by atoms with E-state index in [1.165, 1.54) is 82.5 Å². The fourth-order valence-corrected chi connectivity index (χ4v) is 3.06. The molecule has 0 saturated heterocycles. The number of nitrogens with one attached hydrogen (secondary N) is 2. The average molecular weight is 394 g/mol. The molecule has 0 rings (SSSR count). The molecule has 0 saturated carbocycles. The number of carbonyl (C=O) groups excluding carboxylic acids is 2.